The number of carboxylic acid groups (broad SMARTS) is 2. The topological polar surface area (TPSA) is 74.6 Å². The molecule has 16 heavy (non-hydrogen) atoms. The number of rotatable bonds is 4. The van der Waals surface area contributed by atoms with Gasteiger partial charge in [0.05, 0.1) is 11.1 Å². The number of carbonyl (C=O) groups is 2. The Bertz CT molecular complexity index is 402. The van der Waals surface area contributed by atoms with Crippen molar-refractivity contribution in [2.24, 2.45) is 0 Å². The number of hydrogen-bond donors (Lipinski definition) is 2. The summed E-state index contributed by atoms with van der Waals surface area (Å²) in [6.45, 7) is 0. The molecule has 0 aromatic heterocycles. The smallest absolute Gasteiger partial charge is 0.336 e. The monoisotopic (exact) mass is 258 g/mol. The molecule has 0 aliphatic heterocycles. The summed E-state index contributed by atoms with van der Waals surface area (Å²) in [5, 5.41) is 17.8. The summed E-state index contributed by atoms with van der Waals surface area (Å²) >= 11 is 2.79. The molecule has 0 saturated heterocycles. The Morgan fingerprint density at radius 3 is 1.44 bits per heavy atom. The second-order valence-corrected chi connectivity index (χ2v) is 4.56. The van der Waals surface area contributed by atoms with Crippen LogP contribution in [-0.4, -0.2) is 34.7 Å². The highest BCUT2D eigenvalue weighted by Gasteiger charge is 2.18. The second kappa shape index (κ2) is 5.27. The zero-order valence-corrected chi connectivity index (χ0v) is 10.3. The van der Waals surface area contributed by atoms with E-state index in [0.29, 0.717) is 0 Å². The van der Waals surface area contributed by atoms with Gasteiger partial charge in [0.25, 0.3) is 0 Å². The fraction of sp³-hybridized carbons (Fsp3) is 0.200. The van der Waals surface area contributed by atoms with Crippen LogP contribution in [0.25, 0.3) is 0 Å². The Morgan fingerprint density at radius 1 is 0.938 bits per heavy atom. The lowest BCUT2D eigenvalue weighted by molar-refractivity contribution is 0.0651. The predicted molar refractivity (Wildman–Crippen MR) is 63.9 cm³/mol. The van der Waals surface area contributed by atoms with E-state index in [1.165, 1.54) is 35.7 Å². The summed E-state index contributed by atoms with van der Waals surface area (Å²) in [4.78, 5) is 23.4. The van der Waals surface area contributed by atoms with Crippen LogP contribution in [0.5, 0.6) is 0 Å². The molecule has 86 valence electrons. The van der Waals surface area contributed by atoms with Crippen molar-refractivity contribution in [1.82, 2.24) is 0 Å². The second-order valence-electron chi connectivity index (χ2n) is 2.86. The first-order valence-corrected chi connectivity index (χ1v) is 6.68. The van der Waals surface area contributed by atoms with Gasteiger partial charge in [0.2, 0.25) is 0 Å². The minimum absolute atomic E-state index is 0.172. The molecule has 0 bridgehead atoms. The van der Waals surface area contributed by atoms with E-state index in [4.69, 9.17) is 10.2 Å². The van der Waals surface area contributed by atoms with Gasteiger partial charge in [-0.05, 0) is 24.6 Å². The zero-order chi connectivity index (χ0) is 12.3. The van der Waals surface area contributed by atoms with Crippen molar-refractivity contribution in [2.45, 2.75) is 9.79 Å². The molecule has 0 aliphatic rings. The lowest BCUT2D eigenvalue weighted by Gasteiger charge is -2.08. The first-order valence-electron chi connectivity index (χ1n) is 4.23. The van der Waals surface area contributed by atoms with Crippen LogP contribution in [0.15, 0.2) is 21.9 Å². The summed E-state index contributed by atoms with van der Waals surface area (Å²) in [7, 11) is 0. The quantitative estimate of drug-likeness (QED) is 0.808. The van der Waals surface area contributed by atoms with Crippen LogP contribution in [0, 0.1) is 0 Å². The first kappa shape index (κ1) is 12.9. The van der Waals surface area contributed by atoms with Crippen LogP contribution in [0.4, 0.5) is 0 Å². The number of thioether (sulfide) groups is 2. The largest absolute Gasteiger partial charge is 0.478 e. The Balaban J connectivity index is 3.47. The van der Waals surface area contributed by atoms with Crippen molar-refractivity contribution in [2.75, 3.05) is 12.5 Å². The van der Waals surface area contributed by atoms with Crippen molar-refractivity contribution >= 4 is 35.5 Å². The Hall–Kier alpha value is -1.14. The molecule has 0 aliphatic carbocycles. The molecule has 4 nitrogen and oxygen atoms in total. The van der Waals surface area contributed by atoms with Crippen molar-refractivity contribution in [3.05, 3.63) is 23.3 Å². The van der Waals surface area contributed by atoms with Gasteiger partial charge in [0.15, 0.2) is 0 Å². The van der Waals surface area contributed by atoms with Gasteiger partial charge >= 0.3 is 11.9 Å². The van der Waals surface area contributed by atoms with Gasteiger partial charge in [0, 0.05) is 9.79 Å². The molecule has 0 heterocycles. The highest BCUT2D eigenvalue weighted by Crippen LogP contribution is 2.31. The SMILES string of the molecule is CSc1cc(C(=O)O)c(C(=O)O)cc1SC. The Labute approximate surface area is 101 Å². The molecule has 0 radical (unpaired) electrons. The fourth-order valence-corrected chi connectivity index (χ4v) is 2.72. The van der Waals surface area contributed by atoms with E-state index in [0.717, 1.165) is 9.79 Å². The van der Waals surface area contributed by atoms with Gasteiger partial charge < -0.3 is 10.2 Å². The molecule has 1 aromatic rings. The summed E-state index contributed by atoms with van der Waals surface area (Å²) in [6.07, 6.45) is 3.64. The summed E-state index contributed by atoms with van der Waals surface area (Å²) < 4.78 is 0. The van der Waals surface area contributed by atoms with Gasteiger partial charge in [-0.15, -0.1) is 23.5 Å². The van der Waals surface area contributed by atoms with Crippen LogP contribution in [0.1, 0.15) is 20.7 Å². The third-order valence-corrected chi connectivity index (χ3v) is 3.67. The summed E-state index contributed by atoms with van der Waals surface area (Å²) in [6, 6.07) is 2.81. The van der Waals surface area contributed by atoms with Crippen molar-refractivity contribution < 1.29 is 19.8 Å². The molecule has 0 unspecified atom stereocenters. The molecule has 0 spiro atoms. The molecule has 1 rings (SSSR count). The predicted octanol–water partition coefficient (Wildman–Crippen LogP) is 2.53. The fourth-order valence-electron chi connectivity index (χ4n) is 1.23. The lowest BCUT2D eigenvalue weighted by Crippen LogP contribution is -2.08. The minimum Gasteiger partial charge on any atom is -0.478 e. The maximum absolute atomic E-state index is 10.9. The Morgan fingerprint density at radius 2 is 1.25 bits per heavy atom. The molecule has 0 atom stereocenters. The average molecular weight is 258 g/mol. The van der Waals surface area contributed by atoms with Crippen LogP contribution in [0.2, 0.25) is 0 Å². The van der Waals surface area contributed by atoms with E-state index in [1.54, 1.807) is 0 Å². The third-order valence-electron chi connectivity index (χ3n) is 1.98. The number of aromatic carboxylic acids is 2. The van der Waals surface area contributed by atoms with Gasteiger partial charge in [-0.2, -0.15) is 0 Å². The Kier molecular flexibility index (Phi) is 4.26. The van der Waals surface area contributed by atoms with Gasteiger partial charge in [-0.3, -0.25) is 0 Å². The maximum atomic E-state index is 10.9. The highest BCUT2D eigenvalue weighted by molar-refractivity contribution is 8.01. The average Bonchev–Trinajstić information content (AvgIpc) is 2.26. The standard InChI is InChI=1S/C10H10O4S2/c1-15-7-3-5(9(11)12)6(10(13)14)4-8(7)16-2/h3-4H,1-2H3,(H,11,12)(H,13,14). The third kappa shape index (κ3) is 2.51. The molecule has 0 saturated carbocycles. The maximum Gasteiger partial charge on any atom is 0.336 e. The lowest BCUT2D eigenvalue weighted by atomic mass is 10.1. The van der Waals surface area contributed by atoms with Crippen molar-refractivity contribution in [3.63, 3.8) is 0 Å². The minimum atomic E-state index is -1.22. The van der Waals surface area contributed by atoms with Crippen LogP contribution < -0.4 is 0 Å². The normalized spacial score (nSPS) is 10.1. The number of benzene rings is 1. The van der Waals surface area contributed by atoms with Crippen molar-refractivity contribution in [1.29, 1.82) is 0 Å². The van der Waals surface area contributed by atoms with E-state index in [9.17, 15) is 9.59 Å². The van der Waals surface area contributed by atoms with E-state index in [-0.39, 0.29) is 11.1 Å². The molecule has 1 aromatic carbocycles. The molecule has 2 N–H and O–H groups in total. The summed E-state index contributed by atoms with van der Waals surface area (Å²) in [5.74, 6) is -2.44. The number of hydrogen-bond acceptors (Lipinski definition) is 4. The van der Waals surface area contributed by atoms with Crippen LogP contribution in [-0.2, 0) is 0 Å². The summed E-state index contributed by atoms with van der Waals surface area (Å²) in [5.41, 5.74) is -0.343. The first-order chi connectivity index (χ1) is 7.51. The molecule has 0 fully saturated rings. The van der Waals surface area contributed by atoms with Crippen LogP contribution in [0.3, 0.4) is 0 Å². The van der Waals surface area contributed by atoms with Gasteiger partial charge in [0.1, 0.15) is 0 Å². The van der Waals surface area contributed by atoms with Crippen molar-refractivity contribution in [3.8, 4) is 0 Å². The molecular formula is C10H10O4S2. The van der Waals surface area contributed by atoms with E-state index in [2.05, 4.69) is 0 Å². The molecular weight excluding hydrogens is 248 g/mol. The van der Waals surface area contributed by atoms with Gasteiger partial charge in [-0.25, -0.2) is 9.59 Å². The zero-order valence-electron chi connectivity index (χ0n) is 8.68. The molecule has 6 heteroatoms. The van der Waals surface area contributed by atoms with E-state index >= 15 is 0 Å². The molecule has 0 amide bonds. The van der Waals surface area contributed by atoms with E-state index in [1.807, 2.05) is 12.5 Å². The van der Waals surface area contributed by atoms with E-state index < -0.39 is 11.9 Å². The van der Waals surface area contributed by atoms with Crippen LogP contribution >= 0.6 is 23.5 Å². The number of carboxylic acids is 2. The highest BCUT2D eigenvalue weighted by atomic mass is 32.2. The van der Waals surface area contributed by atoms with Gasteiger partial charge in [-0.1, -0.05) is 0 Å².